The first-order chi connectivity index (χ1) is 10.7. The van der Waals surface area contributed by atoms with Gasteiger partial charge in [-0.1, -0.05) is 6.07 Å². The largest absolute Gasteiger partial charge is 0.471 e. The van der Waals surface area contributed by atoms with E-state index >= 15 is 0 Å². The van der Waals surface area contributed by atoms with Gasteiger partial charge in [0.05, 0.1) is 18.4 Å². The van der Waals surface area contributed by atoms with Crippen molar-refractivity contribution in [2.45, 2.75) is 19.4 Å². The van der Waals surface area contributed by atoms with Gasteiger partial charge < -0.3 is 15.2 Å². The molecule has 0 bridgehead atoms. The Morgan fingerprint density at radius 3 is 2.77 bits per heavy atom. The van der Waals surface area contributed by atoms with Crippen molar-refractivity contribution in [3.8, 4) is 5.88 Å². The molecule has 2 rings (SSSR count). The molecule has 0 radical (unpaired) electrons. The Morgan fingerprint density at radius 2 is 2.09 bits per heavy atom. The number of rotatable bonds is 7. The summed E-state index contributed by atoms with van der Waals surface area (Å²) in [6.07, 6.45) is 3.20. The van der Waals surface area contributed by atoms with Crippen LogP contribution in [0.3, 0.4) is 0 Å². The Balaban J connectivity index is 1.93. The van der Waals surface area contributed by atoms with E-state index in [2.05, 4.69) is 14.7 Å². The van der Waals surface area contributed by atoms with E-state index in [0.29, 0.717) is 23.7 Å². The van der Waals surface area contributed by atoms with E-state index in [0.717, 1.165) is 18.5 Å². The molecule has 22 heavy (non-hydrogen) atoms. The van der Waals surface area contributed by atoms with Crippen molar-refractivity contribution < 1.29 is 14.3 Å². The van der Waals surface area contributed by atoms with Gasteiger partial charge in [0.25, 0.3) is 0 Å². The van der Waals surface area contributed by atoms with Crippen molar-refractivity contribution in [3.63, 3.8) is 0 Å². The van der Waals surface area contributed by atoms with E-state index in [1.807, 2.05) is 12.1 Å². The van der Waals surface area contributed by atoms with Gasteiger partial charge in [0, 0.05) is 18.0 Å². The third-order valence-electron chi connectivity index (χ3n) is 3.03. The number of aromatic nitrogens is 2. The molecule has 6 nitrogen and oxygen atoms in total. The summed E-state index contributed by atoms with van der Waals surface area (Å²) >= 11 is 0. The van der Waals surface area contributed by atoms with Crippen LogP contribution in [0.5, 0.6) is 5.88 Å². The minimum atomic E-state index is -0.408. The highest BCUT2D eigenvalue weighted by molar-refractivity contribution is 5.88. The van der Waals surface area contributed by atoms with E-state index in [9.17, 15) is 4.79 Å². The standard InChI is InChI=1S/C16H19N3O3/c1-21-16(20)12-7-8-14(18-10-12)11-22-15-6-2-4-13(19-15)5-3-9-17/h2,4,6-8,10H,3,5,9,11,17H2,1H3. The predicted molar refractivity (Wildman–Crippen MR) is 81.5 cm³/mol. The number of aryl methyl sites for hydroxylation is 1. The molecule has 0 aliphatic rings. The van der Waals surface area contributed by atoms with Gasteiger partial charge in [0.1, 0.15) is 6.61 Å². The molecular formula is C16H19N3O3. The topological polar surface area (TPSA) is 87.3 Å². The number of methoxy groups -OCH3 is 1. The first-order valence-corrected chi connectivity index (χ1v) is 7.05. The van der Waals surface area contributed by atoms with Gasteiger partial charge >= 0.3 is 5.97 Å². The van der Waals surface area contributed by atoms with Crippen LogP contribution in [0.4, 0.5) is 0 Å². The lowest BCUT2D eigenvalue weighted by atomic mass is 10.2. The smallest absolute Gasteiger partial charge is 0.339 e. The van der Waals surface area contributed by atoms with Crippen LogP contribution in [0, 0.1) is 0 Å². The number of hydrogen-bond acceptors (Lipinski definition) is 6. The number of hydrogen-bond donors (Lipinski definition) is 1. The summed E-state index contributed by atoms with van der Waals surface area (Å²) in [5.74, 6) is 0.141. The first-order valence-electron chi connectivity index (χ1n) is 7.05. The summed E-state index contributed by atoms with van der Waals surface area (Å²) in [6, 6.07) is 9.04. The monoisotopic (exact) mass is 301 g/mol. The highest BCUT2D eigenvalue weighted by Crippen LogP contribution is 2.11. The van der Waals surface area contributed by atoms with Crippen molar-refractivity contribution in [1.82, 2.24) is 9.97 Å². The zero-order chi connectivity index (χ0) is 15.8. The number of ether oxygens (including phenoxy) is 2. The highest BCUT2D eigenvalue weighted by atomic mass is 16.5. The number of carbonyl (C=O) groups is 1. The molecule has 0 saturated heterocycles. The molecule has 0 amide bonds. The summed E-state index contributed by atoms with van der Waals surface area (Å²) in [4.78, 5) is 19.9. The zero-order valence-corrected chi connectivity index (χ0v) is 12.5. The maximum Gasteiger partial charge on any atom is 0.339 e. The van der Waals surface area contributed by atoms with Crippen LogP contribution in [-0.4, -0.2) is 29.6 Å². The Morgan fingerprint density at radius 1 is 1.23 bits per heavy atom. The molecule has 0 aliphatic heterocycles. The van der Waals surface area contributed by atoms with Crippen molar-refractivity contribution in [1.29, 1.82) is 0 Å². The van der Waals surface area contributed by atoms with Crippen LogP contribution in [0.25, 0.3) is 0 Å². The van der Waals surface area contributed by atoms with Gasteiger partial charge in [-0.15, -0.1) is 0 Å². The second-order valence-corrected chi connectivity index (χ2v) is 4.68. The summed E-state index contributed by atoms with van der Waals surface area (Å²) in [5.41, 5.74) is 7.57. The number of pyridine rings is 2. The van der Waals surface area contributed by atoms with Crippen molar-refractivity contribution >= 4 is 5.97 Å². The lowest BCUT2D eigenvalue weighted by molar-refractivity contribution is 0.0600. The summed E-state index contributed by atoms with van der Waals surface area (Å²) in [6.45, 7) is 0.929. The fraction of sp³-hybridized carbons (Fsp3) is 0.312. The van der Waals surface area contributed by atoms with E-state index in [1.54, 1.807) is 18.2 Å². The van der Waals surface area contributed by atoms with E-state index in [4.69, 9.17) is 10.5 Å². The summed E-state index contributed by atoms with van der Waals surface area (Å²) in [7, 11) is 1.34. The molecule has 0 fully saturated rings. The summed E-state index contributed by atoms with van der Waals surface area (Å²) < 4.78 is 10.2. The number of esters is 1. The lowest BCUT2D eigenvalue weighted by Crippen LogP contribution is -2.05. The Labute approximate surface area is 129 Å². The second kappa shape index (κ2) is 8.09. The third kappa shape index (κ3) is 4.53. The van der Waals surface area contributed by atoms with Crippen molar-refractivity contribution in [3.05, 3.63) is 53.5 Å². The fourth-order valence-corrected chi connectivity index (χ4v) is 1.86. The Kier molecular flexibility index (Phi) is 5.85. The molecule has 116 valence electrons. The van der Waals surface area contributed by atoms with Crippen LogP contribution >= 0.6 is 0 Å². The molecule has 2 N–H and O–H groups in total. The van der Waals surface area contributed by atoms with Crippen LogP contribution in [0.2, 0.25) is 0 Å². The van der Waals surface area contributed by atoms with Crippen LogP contribution in [-0.2, 0) is 17.8 Å². The normalized spacial score (nSPS) is 10.3. The van der Waals surface area contributed by atoms with Gasteiger partial charge in [-0.25, -0.2) is 9.78 Å². The average Bonchev–Trinajstić information content (AvgIpc) is 2.58. The lowest BCUT2D eigenvalue weighted by Gasteiger charge is -2.07. The molecule has 0 aromatic carbocycles. The molecule has 0 atom stereocenters. The van der Waals surface area contributed by atoms with Crippen LogP contribution in [0.1, 0.15) is 28.2 Å². The Hall–Kier alpha value is -2.47. The number of nitrogens with two attached hydrogens (primary N) is 1. The fourth-order valence-electron chi connectivity index (χ4n) is 1.86. The van der Waals surface area contributed by atoms with Gasteiger partial charge in [-0.2, -0.15) is 0 Å². The number of nitrogens with zero attached hydrogens (tertiary/aromatic N) is 2. The maximum absolute atomic E-state index is 11.3. The third-order valence-corrected chi connectivity index (χ3v) is 3.03. The molecule has 0 spiro atoms. The first kappa shape index (κ1) is 15.9. The highest BCUT2D eigenvalue weighted by Gasteiger charge is 2.06. The number of carbonyl (C=O) groups excluding carboxylic acids is 1. The molecule has 6 heteroatoms. The molecular weight excluding hydrogens is 282 g/mol. The van der Waals surface area contributed by atoms with Gasteiger partial charge in [0.15, 0.2) is 0 Å². The molecule has 2 heterocycles. The molecule has 2 aromatic rings. The molecule has 0 aliphatic carbocycles. The second-order valence-electron chi connectivity index (χ2n) is 4.68. The minimum Gasteiger partial charge on any atom is -0.471 e. The Bertz CT molecular complexity index is 614. The maximum atomic E-state index is 11.3. The van der Waals surface area contributed by atoms with Gasteiger partial charge in [0.2, 0.25) is 5.88 Å². The van der Waals surface area contributed by atoms with E-state index in [-0.39, 0.29) is 6.61 Å². The molecule has 0 unspecified atom stereocenters. The SMILES string of the molecule is COC(=O)c1ccc(COc2cccc(CCCN)n2)nc1. The van der Waals surface area contributed by atoms with Crippen LogP contribution < -0.4 is 10.5 Å². The van der Waals surface area contributed by atoms with Crippen molar-refractivity contribution in [2.24, 2.45) is 5.73 Å². The zero-order valence-electron chi connectivity index (χ0n) is 12.5. The van der Waals surface area contributed by atoms with Crippen LogP contribution in [0.15, 0.2) is 36.5 Å². The van der Waals surface area contributed by atoms with Gasteiger partial charge in [-0.05, 0) is 37.6 Å². The molecule has 2 aromatic heterocycles. The predicted octanol–water partition coefficient (Wildman–Crippen LogP) is 1.73. The van der Waals surface area contributed by atoms with E-state index < -0.39 is 5.97 Å². The average molecular weight is 301 g/mol. The van der Waals surface area contributed by atoms with Crippen molar-refractivity contribution in [2.75, 3.05) is 13.7 Å². The summed E-state index contributed by atoms with van der Waals surface area (Å²) in [5, 5.41) is 0. The molecule has 0 saturated carbocycles. The van der Waals surface area contributed by atoms with Gasteiger partial charge in [-0.3, -0.25) is 4.98 Å². The van der Waals surface area contributed by atoms with E-state index in [1.165, 1.54) is 13.3 Å². The minimum absolute atomic E-state index is 0.287. The quantitative estimate of drug-likeness (QED) is 0.784.